The van der Waals surface area contributed by atoms with Crippen molar-refractivity contribution in [2.45, 2.75) is 16.7 Å². The van der Waals surface area contributed by atoms with Gasteiger partial charge < -0.3 is 5.11 Å². The smallest absolute Gasteiger partial charge is 0.247 e. The summed E-state index contributed by atoms with van der Waals surface area (Å²) in [6, 6.07) is 6.72. The van der Waals surface area contributed by atoms with Crippen LogP contribution >= 0.6 is 23.2 Å². The summed E-state index contributed by atoms with van der Waals surface area (Å²) in [6.45, 7) is 1.82. The molecule has 0 amide bonds. The minimum absolute atomic E-state index is 0.371. The second-order valence-electron chi connectivity index (χ2n) is 3.65. The van der Waals surface area contributed by atoms with E-state index in [1.54, 1.807) is 18.2 Å². The number of hydrogen-bond donors (Lipinski definition) is 1. The molecule has 1 atom stereocenters. The van der Waals surface area contributed by atoms with Gasteiger partial charge in [-0.2, -0.15) is 0 Å². The molecule has 0 spiro atoms. The highest BCUT2D eigenvalue weighted by atomic mass is 35.5. The van der Waals surface area contributed by atoms with Gasteiger partial charge in [0.05, 0.1) is 0 Å². The summed E-state index contributed by atoms with van der Waals surface area (Å²) in [5.74, 6) is 0. The maximum Gasteiger partial charge on any atom is 0.247 e. The van der Waals surface area contributed by atoms with Crippen LogP contribution in [0.15, 0.2) is 24.3 Å². The molecule has 0 aliphatic rings. The first-order chi connectivity index (χ1) is 7.16. The number of halogens is 2. The molecule has 0 aromatic heterocycles. The van der Waals surface area contributed by atoms with Gasteiger partial charge in [-0.1, -0.05) is 53.0 Å². The number of benzene rings is 1. The average molecular weight is 283 g/mol. The first-order valence-electron chi connectivity index (χ1n) is 4.48. The lowest BCUT2D eigenvalue weighted by atomic mass is 10.1. The number of alkyl halides is 2. The van der Waals surface area contributed by atoms with Gasteiger partial charge in [0, 0.05) is 6.26 Å². The molecular formula is C10H12Cl2O3S. The molecule has 1 rings (SSSR count). The highest BCUT2D eigenvalue weighted by Crippen LogP contribution is 2.40. The summed E-state index contributed by atoms with van der Waals surface area (Å²) in [5, 5.41) is 9.87. The van der Waals surface area contributed by atoms with Gasteiger partial charge in [0.1, 0.15) is 6.10 Å². The second kappa shape index (κ2) is 4.53. The van der Waals surface area contributed by atoms with E-state index in [9.17, 15) is 13.5 Å². The van der Waals surface area contributed by atoms with Gasteiger partial charge in [0.15, 0.2) is 9.84 Å². The van der Waals surface area contributed by atoms with Crippen LogP contribution in [0.4, 0.5) is 0 Å². The Morgan fingerprint density at radius 1 is 1.38 bits per heavy atom. The van der Waals surface area contributed by atoms with E-state index in [0.29, 0.717) is 5.56 Å². The molecule has 3 nitrogen and oxygen atoms in total. The molecule has 1 N–H and O–H groups in total. The van der Waals surface area contributed by atoms with Crippen molar-refractivity contribution < 1.29 is 13.5 Å². The van der Waals surface area contributed by atoms with Crippen molar-refractivity contribution in [3.05, 3.63) is 35.4 Å². The molecule has 0 saturated carbocycles. The van der Waals surface area contributed by atoms with Crippen LogP contribution in [-0.2, 0) is 9.84 Å². The third-order valence-corrected chi connectivity index (χ3v) is 5.48. The quantitative estimate of drug-likeness (QED) is 0.865. The fraction of sp³-hybridized carbons (Fsp3) is 0.400. The molecule has 0 bridgehead atoms. The maximum atomic E-state index is 11.3. The standard InChI is InChI=1S/C10H12Cl2O3S/c1-7-4-3-5-8(6-7)9(13)10(11,12)16(2,14)15/h3-6,9,13H,1-2H3/t9-/m0/s1. The minimum Gasteiger partial charge on any atom is -0.384 e. The first kappa shape index (κ1) is 13.8. The van der Waals surface area contributed by atoms with Crippen LogP contribution in [0.2, 0.25) is 0 Å². The lowest BCUT2D eigenvalue weighted by Gasteiger charge is -2.24. The summed E-state index contributed by atoms with van der Waals surface area (Å²) in [7, 11) is -3.78. The third-order valence-electron chi connectivity index (χ3n) is 2.17. The van der Waals surface area contributed by atoms with Crippen LogP contribution in [0.5, 0.6) is 0 Å². The SMILES string of the molecule is Cc1cccc([C@H](O)C(Cl)(Cl)S(C)(=O)=O)c1. The molecule has 1 aromatic rings. The van der Waals surface area contributed by atoms with Gasteiger partial charge in [-0.25, -0.2) is 8.42 Å². The highest BCUT2D eigenvalue weighted by Gasteiger charge is 2.44. The Kier molecular flexibility index (Phi) is 3.90. The predicted octanol–water partition coefficient (Wildman–Crippen LogP) is 2.20. The normalized spacial score (nSPS) is 14.8. The Labute approximate surface area is 105 Å². The van der Waals surface area contributed by atoms with Crippen molar-refractivity contribution in [2.24, 2.45) is 0 Å². The number of hydrogen-bond acceptors (Lipinski definition) is 3. The zero-order valence-electron chi connectivity index (χ0n) is 8.81. The van der Waals surface area contributed by atoms with Crippen molar-refractivity contribution in [2.75, 3.05) is 6.26 Å². The van der Waals surface area contributed by atoms with Gasteiger partial charge in [0.25, 0.3) is 0 Å². The molecule has 0 radical (unpaired) electrons. The average Bonchev–Trinajstić information content (AvgIpc) is 2.14. The fourth-order valence-corrected chi connectivity index (χ4v) is 2.03. The summed E-state index contributed by atoms with van der Waals surface area (Å²) < 4.78 is 20.4. The maximum absolute atomic E-state index is 11.3. The van der Waals surface area contributed by atoms with Crippen molar-refractivity contribution in [1.29, 1.82) is 0 Å². The van der Waals surface area contributed by atoms with Crippen LogP contribution in [0.3, 0.4) is 0 Å². The van der Waals surface area contributed by atoms with Gasteiger partial charge in [0.2, 0.25) is 3.67 Å². The summed E-state index contributed by atoms with van der Waals surface area (Å²) in [6.07, 6.45) is -0.600. The molecule has 0 unspecified atom stereocenters. The highest BCUT2D eigenvalue weighted by molar-refractivity contribution is 7.94. The van der Waals surface area contributed by atoms with Crippen molar-refractivity contribution in [1.82, 2.24) is 0 Å². The number of sulfone groups is 1. The summed E-state index contributed by atoms with van der Waals surface area (Å²) >= 11 is 11.4. The van der Waals surface area contributed by atoms with E-state index in [4.69, 9.17) is 23.2 Å². The van der Waals surface area contributed by atoms with E-state index >= 15 is 0 Å². The minimum atomic E-state index is -3.78. The van der Waals surface area contributed by atoms with Gasteiger partial charge in [-0.05, 0) is 12.5 Å². The Balaban J connectivity index is 3.17. The van der Waals surface area contributed by atoms with Gasteiger partial charge in [-0.3, -0.25) is 0 Å². The zero-order chi connectivity index (χ0) is 12.6. The van der Waals surface area contributed by atoms with Gasteiger partial charge in [-0.15, -0.1) is 0 Å². The Bertz CT molecular complexity index is 483. The summed E-state index contributed by atoms with van der Waals surface area (Å²) in [4.78, 5) is 0. The Morgan fingerprint density at radius 3 is 2.38 bits per heavy atom. The predicted molar refractivity (Wildman–Crippen MR) is 65.4 cm³/mol. The molecule has 0 heterocycles. The second-order valence-corrected chi connectivity index (χ2v) is 7.67. The molecule has 1 aromatic carbocycles. The van der Waals surface area contributed by atoms with E-state index in [2.05, 4.69) is 0 Å². The van der Waals surface area contributed by atoms with Crippen LogP contribution in [0.1, 0.15) is 17.2 Å². The van der Waals surface area contributed by atoms with Gasteiger partial charge >= 0.3 is 0 Å². The zero-order valence-corrected chi connectivity index (χ0v) is 11.1. The molecule has 0 aliphatic carbocycles. The van der Waals surface area contributed by atoms with E-state index in [0.717, 1.165) is 11.8 Å². The molecule has 0 saturated heterocycles. The van der Waals surface area contributed by atoms with Crippen LogP contribution in [-0.4, -0.2) is 23.4 Å². The molecular weight excluding hydrogens is 271 g/mol. The molecule has 0 aliphatic heterocycles. The molecule has 90 valence electrons. The van der Waals surface area contributed by atoms with Crippen molar-refractivity contribution in [3.63, 3.8) is 0 Å². The lowest BCUT2D eigenvalue weighted by molar-refractivity contribution is 0.181. The lowest BCUT2D eigenvalue weighted by Crippen LogP contribution is -2.32. The fourth-order valence-electron chi connectivity index (χ4n) is 1.24. The van der Waals surface area contributed by atoms with Crippen LogP contribution in [0.25, 0.3) is 0 Å². The van der Waals surface area contributed by atoms with Crippen molar-refractivity contribution in [3.8, 4) is 0 Å². The topological polar surface area (TPSA) is 54.4 Å². The van der Waals surface area contributed by atoms with Crippen molar-refractivity contribution >= 4 is 33.0 Å². The molecule has 0 fully saturated rings. The Morgan fingerprint density at radius 2 is 1.94 bits per heavy atom. The number of aliphatic hydroxyl groups excluding tert-OH is 1. The van der Waals surface area contributed by atoms with E-state index in [-0.39, 0.29) is 0 Å². The third kappa shape index (κ3) is 2.69. The summed E-state index contributed by atoms with van der Waals surface area (Å²) in [5.41, 5.74) is 1.25. The largest absolute Gasteiger partial charge is 0.384 e. The van der Waals surface area contributed by atoms with E-state index in [1.807, 2.05) is 13.0 Å². The molecule has 16 heavy (non-hydrogen) atoms. The monoisotopic (exact) mass is 282 g/mol. The number of rotatable bonds is 3. The Hall–Kier alpha value is -0.290. The van der Waals surface area contributed by atoms with E-state index in [1.165, 1.54) is 0 Å². The van der Waals surface area contributed by atoms with Crippen LogP contribution < -0.4 is 0 Å². The first-order valence-corrected chi connectivity index (χ1v) is 7.13. The number of aliphatic hydroxyl groups is 1. The molecule has 6 heteroatoms. The van der Waals surface area contributed by atoms with E-state index < -0.39 is 19.6 Å². The number of aryl methyl sites for hydroxylation is 1. The van der Waals surface area contributed by atoms with Crippen LogP contribution in [0, 0.1) is 6.92 Å².